The highest BCUT2D eigenvalue weighted by Gasteiger charge is 2.40. The largest absolute Gasteiger partial charge is 0.493 e. The summed E-state index contributed by atoms with van der Waals surface area (Å²) in [7, 11) is 4.82. The first-order valence-corrected chi connectivity index (χ1v) is 9.58. The molecule has 7 nitrogen and oxygen atoms in total. The molecule has 29 heavy (non-hydrogen) atoms. The molecule has 0 unspecified atom stereocenters. The maximum atomic E-state index is 6.25. The molecule has 4 rings (SSSR count). The molecule has 0 spiro atoms. The SMILES string of the molecule is CCO[C@@]1(C)C[C@@H](c2cc(OC)c(OC)c(OC)c2)c2cc3c(cc2O1)OCO3. The number of hydrogen-bond acceptors (Lipinski definition) is 7. The second-order valence-corrected chi connectivity index (χ2v) is 7.13. The number of rotatable bonds is 6. The Morgan fingerprint density at radius 3 is 2.17 bits per heavy atom. The molecule has 2 aliphatic heterocycles. The highest BCUT2D eigenvalue weighted by molar-refractivity contribution is 5.59. The van der Waals surface area contributed by atoms with Crippen LogP contribution in [0.5, 0.6) is 34.5 Å². The summed E-state index contributed by atoms with van der Waals surface area (Å²) >= 11 is 0. The molecule has 0 saturated heterocycles. The first-order chi connectivity index (χ1) is 14.0. The van der Waals surface area contributed by atoms with Gasteiger partial charge in [0.25, 0.3) is 0 Å². The molecule has 0 amide bonds. The molecule has 0 radical (unpaired) electrons. The zero-order chi connectivity index (χ0) is 20.6. The average Bonchev–Trinajstić information content (AvgIpc) is 3.17. The van der Waals surface area contributed by atoms with Gasteiger partial charge < -0.3 is 33.2 Å². The standard InChI is InChI=1S/C22H26O7/c1-6-28-22(2)11-15(13-7-19(23-3)21(25-5)20(8-13)24-4)14-9-17-18(27-12-26-17)10-16(14)29-22/h7-10,15H,6,11-12H2,1-5H3/t15-,22+/m0/s1. The highest BCUT2D eigenvalue weighted by atomic mass is 16.7. The van der Waals surface area contributed by atoms with Crippen molar-refractivity contribution in [3.63, 3.8) is 0 Å². The van der Waals surface area contributed by atoms with Gasteiger partial charge in [-0.2, -0.15) is 0 Å². The fourth-order valence-corrected chi connectivity index (χ4v) is 4.05. The lowest BCUT2D eigenvalue weighted by Gasteiger charge is -2.39. The monoisotopic (exact) mass is 402 g/mol. The summed E-state index contributed by atoms with van der Waals surface area (Å²) in [4.78, 5) is 0. The van der Waals surface area contributed by atoms with Crippen LogP contribution in [0.1, 0.15) is 37.3 Å². The summed E-state index contributed by atoms with van der Waals surface area (Å²) in [6.45, 7) is 4.65. The van der Waals surface area contributed by atoms with Gasteiger partial charge in [0.15, 0.2) is 23.0 Å². The molecule has 2 heterocycles. The van der Waals surface area contributed by atoms with Gasteiger partial charge in [0, 0.05) is 37.5 Å². The normalized spacial score (nSPS) is 21.9. The Labute approximate surface area is 170 Å². The van der Waals surface area contributed by atoms with Gasteiger partial charge in [-0.25, -0.2) is 0 Å². The number of benzene rings is 2. The van der Waals surface area contributed by atoms with Crippen molar-refractivity contribution in [2.24, 2.45) is 0 Å². The summed E-state index contributed by atoms with van der Waals surface area (Å²) in [5.41, 5.74) is 2.01. The molecule has 0 bridgehead atoms. The van der Waals surface area contributed by atoms with Gasteiger partial charge in [0.05, 0.1) is 21.3 Å². The Kier molecular flexibility index (Phi) is 5.08. The Hall–Kier alpha value is -2.80. The zero-order valence-corrected chi connectivity index (χ0v) is 17.4. The van der Waals surface area contributed by atoms with Gasteiger partial charge in [-0.1, -0.05) is 0 Å². The minimum absolute atomic E-state index is 0.0292. The van der Waals surface area contributed by atoms with Gasteiger partial charge in [-0.15, -0.1) is 0 Å². The summed E-state index contributed by atoms with van der Waals surface area (Å²) in [5, 5.41) is 0. The molecular weight excluding hydrogens is 376 g/mol. The molecule has 156 valence electrons. The third-order valence-corrected chi connectivity index (χ3v) is 5.32. The number of hydrogen-bond donors (Lipinski definition) is 0. The predicted octanol–water partition coefficient (Wildman–Crippen LogP) is 4.11. The summed E-state index contributed by atoms with van der Waals surface area (Å²) in [5.74, 6) is 3.07. The van der Waals surface area contributed by atoms with Gasteiger partial charge in [0.1, 0.15) is 5.75 Å². The van der Waals surface area contributed by atoms with Crippen LogP contribution >= 0.6 is 0 Å². The van der Waals surface area contributed by atoms with E-state index in [1.807, 2.05) is 38.1 Å². The van der Waals surface area contributed by atoms with Crippen molar-refractivity contribution in [1.29, 1.82) is 0 Å². The van der Waals surface area contributed by atoms with Crippen LogP contribution in [-0.2, 0) is 4.74 Å². The smallest absolute Gasteiger partial charge is 0.231 e. The lowest BCUT2D eigenvalue weighted by Crippen LogP contribution is -2.41. The molecule has 0 saturated carbocycles. The van der Waals surface area contributed by atoms with E-state index < -0.39 is 5.79 Å². The third-order valence-electron chi connectivity index (χ3n) is 5.32. The van der Waals surface area contributed by atoms with Crippen molar-refractivity contribution in [3.05, 3.63) is 35.4 Å². The van der Waals surface area contributed by atoms with E-state index in [0.29, 0.717) is 41.8 Å². The number of fused-ring (bicyclic) bond motifs is 2. The summed E-state index contributed by atoms with van der Waals surface area (Å²) < 4.78 is 40.0. The Morgan fingerprint density at radius 1 is 0.931 bits per heavy atom. The van der Waals surface area contributed by atoms with Crippen molar-refractivity contribution >= 4 is 0 Å². The molecule has 2 atom stereocenters. The van der Waals surface area contributed by atoms with Crippen molar-refractivity contribution < 1.29 is 33.2 Å². The van der Waals surface area contributed by atoms with Crippen LogP contribution in [0.2, 0.25) is 0 Å². The molecule has 7 heteroatoms. The van der Waals surface area contributed by atoms with E-state index in [1.54, 1.807) is 21.3 Å². The Balaban J connectivity index is 1.86. The van der Waals surface area contributed by atoms with Crippen LogP contribution in [0.3, 0.4) is 0 Å². The number of ether oxygens (including phenoxy) is 7. The molecule has 0 aromatic heterocycles. The topological polar surface area (TPSA) is 64.6 Å². The van der Waals surface area contributed by atoms with Crippen molar-refractivity contribution in [2.45, 2.75) is 32.0 Å². The van der Waals surface area contributed by atoms with E-state index in [-0.39, 0.29) is 12.7 Å². The minimum Gasteiger partial charge on any atom is -0.493 e. The van der Waals surface area contributed by atoms with Crippen LogP contribution in [0.4, 0.5) is 0 Å². The maximum Gasteiger partial charge on any atom is 0.231 e. The van der Waals surface area contributed by atoms with E-state index in [1.165, 1.54) is 0 Å². The zero-order valence-electron chi connectivity index (χ0n) is 17.4. The van der Waals surface area contributed by atoms with E-state index >= 15 is 0 Å². The van der Waals surface area contributed by atoms with Crippen LogP contribution in [0, 0.1) is 0 Å². The number of methoxy groups -OCH3 is 3. The minimum atomic E-state index is -0.777. The molecular formula is C22H26O7. The van der Waals surface area contributed by atoms with E-state index in [9.17, 15) is 0 Å². The molecule has 0 aliphatic carbocycles. The molecule has 0 N–H and O–H groups in total. The average molecular weight is 402 g/mol. The predicted molar refractivity (Wildman–Crippen MR) is 106 cm³/mol. The van der Waals surface area contributed by atoms with Gasteiger partial charge in [0.2, 0.25) is 18.3 Å². The lowest BCUT2D eigenvalue weighted by atomic mass is 9.82. The van der Waals surface area contributed by atoms with Crippen LogP contribution < -0.4 is 28.4 Å². The Bertz CT molecular complexity index is 885. The van der Waals surface area contributed by atoms with Crippen molar-refractivity contribution in [1.82, 2.24) is 0 Å². The molecule has 0 fully saturated rings. The van der Waals surface area contributed by atoms with E-state index in [4.69, 9.17) is 33.2 Å². The van der Waals surface area contributed by atoms with Gasteiger partial charge in [-0.05, 0) is 30.7 Å². The van der Waals surface area contributed by atoms with E-state index in [0.717, 1.165) is 16.9 Å². The Morgan fingerprint density at radius 2 is 1.59 bits per heavy atom. The lowest BCUT2D eigenvalue weighted by molar-refractivity contribution is -0.179. The fraction of sp³-hybridized carbons (Fsp3) is 0.455. The molecule has 2 aromatic rings. The first kappa shape index (κ1) is 19.5. The van der Waals surface area contributed by atoms with Crippen LogP contribution in [0.15, 0.2) is 24.3 Å². The first-order valence-electron chi connectivity index (χ1n) is 9.58. The maximum absolute atomic E-state index is 6.25. The van der Waals surface area contributed by atoms with Crippen LogP contribution in [0.25, 0.3) is 0 Å². The quantitative estimate of drug-likeness (QED) is 0.720. The third kappa shape index (κ3) is 3.40. The summed E-state index contributed by atoms with van der Waals surface area (Å²) in [6, 6.07) is 7.80. The van der Waals surface area contributed by atoms with Crippen molar-refractivity contribution in [3.8, 4) is 34.5 Å². The second-order valence-electron chi connectivity index (χ2n) is 7.13. The second kappa shape index (κ2) is 7.55. The van der Waals surface area contributed by atoms with Gasteiger partial charge in [-0.3, -0.25) is 0 Å². The highest BCUT2D eigenvalue weighted by Crippen LogP contribution is 2.51. The summed E-state index contributed by atoms with van der Waals surface area (Å²) in [6.07, 6.45) is 0.617. The van der Waals surface area contributed by atoms with Gasteiger partial charge >= 0.3 is 0 Å². The van der Waals surface area contributed by atoms with E-state index in [2.05, 4.69) is 0 Å². The van der Waals surface area contributed by atoms with Crippen LogP contribution in [-0.4, -0.2) is 40.5 Å². The fourth-order valence-electron chi connectivity index (χ4n) is 4.05. The van der Waals surface area contributed by atoms with Crippen molar-refractivity contribution in [2.75, 3.05) is 34.7 Å². The molecule has 2 aromatic carbocycles. The molecule has 2 aliphatic rings.